The Labute approximate surface area is 179 Å². The lowest BCUT2D eigenvalue weighted by atomic mass is 9.99. The van der Waals surface area contributed by atoms with Crippen LogP contribution in [0, 0.1) is 0 Å². The zero-order chi connectivity index (χ0) is 21.4. The Balaban J connectivity index is 1.75. The maximum atomic E-state index is 5.68. The number of methoxy groups -OCH3 is 2. The molecule has 6 heteroatoms. The van der Waals surface area contributed by atoms with Crippen LogP contribution < -0.4 is 9.47 Å². The van der Waals surface area contributed by atoms with Crippen molar-refractivity contribution >= 4 is 5.57 Å². The van der Waals surface area contributed by atoms with Gasteiger partial charge in [0.1, 0.15) is 24.7 Å². The van der Waals surface area contributed by atoms with Gasteiger partial charge in [0.05, 0.1) is 39.6 Å². The minimum atomic E-state index is 0.503. The molecule has 0 bridgehead atoms. The van der Waals surface area contributed by atoms with Gasteiger partial charge in [0.15, 0.2) is 0 Å². The van der Waals surface area contributed by atoms with Gasteiger partial charge in [-0.05, 0) is 41.0 Å². The Kier molecular flexibility index (Phi) is 11.6. The Morgan fingerprint density at radius 2 is 0.933 bits per heavy atom. The maximum Gasteiger partial charge on any atom is 0.119 e. The smallest absolute Gasteiger partial charge is 0.119 e. The van der Waals surface area contributed by atoms with E-state index in [1.54, 1.807) is 14.2 Å². The molecule has 0 heterocycles. The monoisotopic (exact) mass is 416 g/mol. The lowest BCUT2D eigenvalue weighted by Gasteiger charge is -2.11. The van der Waals surface area contributed by atoms with Crippen molar-refractivity contribution in [2.45, 2.75) is 0 Å². The second-order valence-electron chi connectivity index (χ2n) is 6.43. The van der Waals surface area contributed by atoms with Crippen molar-refractivity contribution in [3.63, 3.8) is 0 Å². The van der Waals surface area contributed by atoms with Crippen LogP contribution in [0.15, 0.2) is 55.1 Å². The average Bonchev–Trinajstić information content (AvgIpc) is 2.79. The largest absolute Gasteiger partial charge is 0.491 e. The lowest BCUT2D eigenvalue weighted by molar-refractivity contribution is 0.0544. The Bertz CT molecular complexity index is 650. The Hall–Kier alpha value is -2.38. The summed E-state index contributed by atoms with van der Waals surface area (Å²) < 4.78 is 32.0. The first-order valence-corrected chi connectivity index (χ1v) is 10.0. The normalized spacial score (nSPS) is 10.7. The van der Waals surface area contributed by atoms with Crippen molar-refractivity contribution in [3.05, 3.63) is 66.2 Å². The van der Waals surface area contributed by atoms with E-state index in [2.05, 4.69) is 6.58 Å². The summed E-state index contributed by atoms with van der Waals surface area (Å²) in [6, 6.07) is 15.8. The molecule has 0 fully saturated rings. The summed E-state index contributed by atoms with van der Waals surface area (Å²) in [6.45, 7) is 8.62. The van der Waals surface area contributed by atoms with Gasteiger partial charge in [0, 0.05) is 14.2 Å². The van der Waals surface area contributed by atoms with Crippen molar-refractivity contribution < 1.29 is 28.4 Å². The third-order valence-electron chi connectivity index (χ3n) is 4.26. The molecule has 0 aliphatic carbocycles. The van der Waals surface area contributed by atoms with Crippen LogP contribution in [0.3, 0.4) is 0 Å². The highest BCUT2D eigenvalue weighted by atomic mass is 16.5. The number of rotatable bonds is 16. The topological polar surface area (TPSA) is 55.4 Å². The molecule has 164 valence electrons. The maximum absolute atomic E-state index is 5.68. The van der Waals surface area contributed by atoms with Crippen LogP contribution in [0.2, 0.25) is 0 Å². The van der Waals surface area contributed by atoms with Crippen LogP contribution >= 0.6 is 0 Å². The molecule has 0 atom stereocenters. The molecule has 0 amide bonds. The number of ether oxygens (including phenoxy) is 6. The summed E-state index contributed by atoms with van der Waals surface area (Å²) in [5.41, 5.74) is 3.02. The van der Waals surface area contributed by atoms with Crippen LogP contribution in [0.4, 0.5) is 0 Å². The minimum absolute atomic E-state index is 0.503. The van der Waals surface area contributed by atoms with Gasteiger partial charge in [0.25, 0.3) is 0 Å². The molecule has 30 heavy (non-hydrogen) atoms. The summed E-state index contributed by atoms with van der Waals surface area (Å²) in [6.07, 6.45) is 0. The first-order valence-electron chi connectivity index (χ1n) is 10.0. The van der Waals surface area contributed by atoms with E-state index >= 15 is 0 Å². The predicted molar refractivity (Wildman–Crippen MR) is 117 cm³/mol. The van der Waals surface area contributed by atoms with E-state index in [0.717, 1.165) is 28.2 Å². The molecule has 2 aromatic carbocycles. The van der Waals surface area contributed by atoms with Gasteiger partial charge in [-0.15, -0.1) is 0 Å². The van der Waals surface area contributed by atoms with E-state index in [1.165, 1.54) is 0 Å². The highest BCUT2D eigenvalue weighted by Gasteiger charge is 2.04. The van der Waals surface area contributed by atoms with E-state index in [1.807, 2.05) is 48.5 Å². The van der Waals surface area contributed by atoms with E-state index in [9.17, 15) is 0 Å². The molecule has 0 aromatic heterocycles. The second-order valence-corrected chi connectivity index (χ2v) is 6.43. The summed E-state index contributed by atoms with van der Waals surface area (Å²) in [5.74, 6) is 1.61. The lowest BCUT2D eigenvalue weighted by Crippen LogP contribution is -2.10. The van der Waals surface area contributed by atoms with Gasteiger partial charge >= 0.3 is 0 Å². The molecule has 6 nitrogen and oxygen atoms in total. The molecule has 0 aliphatic rings. The van der Waals surface area contributed by atoms with Crippen molar-refractivity contribution in [1.29, 1.82) is 0 Å². The fraction of sp³-hybridized carbons (Fsp3) is 0.417. The third-order valence-corrected chi connectivity index (χ3v) is 4.26. The Morgan fingerprint density at radius 3 is 1.30 bits per heavy atom. The van der Waals surface area contributed by atoms with E-state index < -0.39 is 0 Å². The van der Waals surface area contributed by atoms with Crippen LogP contribution in [0.5, 0.6) is 11.5 Å². The zero-order valence-electron chi connectivity index (χ0n) is 17.9. The van der Waals surface area contributed by atoms with E-state index in [-0.39, 0.29) is 0 Å². The van der Waals surface area contributed by atoms with E-state index in [0.29, 0.717) is 52.9 Å². The zero-order valence-corrected chi connectivity index (χ0v) is 17.9. The summed E-state index contributed by atoms with van der Waals surface area (Å²) in [5, 5.41) is 0. The second kappa shape index (κ2) is 14.6. The fourth-order valence-corrected chi connectivity index (χ4v) is 2.60. The molecule has 0 spiro atoms. The molecule has 0 aliphatic heterocycles. The van der Waals surface area contributed by atoms with Crippen molar-refractivity contribution in [2.75, 3.05) is 67.1 Å². The molecule has 2 aromatic rings. The van der Waals surface area contributed by atoms with Gasteiger partial charge in [-0.25, -0.2) is 0 Å². The number of benzene rings is 2. The van der Waals surface area contributed by atoms with Gasteiger partial charge in [-0.3, -0.25) is 0 Å². The molecule has 0 N–H and O–H groups in total. The number of hydrogen-bond donors (Lipinski definition) is 0. The molecule has 0 saturated carbocycles. The first kappa shape index (κ1) is 23.9. The van der Waals surface area contributed by atoms with Gasteiger partial charge in [0.2, 0.25) is 0 Å². The highest BCUT2D eigenvalue weighted by Crippen LogP contribution is 2.25. The molecule has 0 unspecified atom stereocenters. The summed E-state index contributed by atoms with van der Waals surface area (Å²) >= 11 is 0. The quantitative estimate of drug-likeness (QED) is 0.388. The first-order chi connectivity index (χ1) is 14.7. The van der Waals surface area contributed by atoms with Gasteiger partial charge < -0.3 is 28.4 Å². The standard InChI is InChI=1S/C24H32O6/c1-20(21-4-8-23(9-5-21)29-18-16-27-14-12-25-2)22-6-10-24(11-7-22)30-19-17-28-15-13-26-3/h4-11H,1,12-19H2,2-3H3. The van der Waals surface area contributed by atoms with Crippen LogP contribution in [0.1, 0.15) is 11.1 Å². The Morgan fingerprint density at radius 1 is 0.567 bits per heavy atom. The van der Waals surface area contributed by atoms with Crippen LogP contribution in [-0.4, -0.2) is 67.1 Å². The fourth-order valence-electron chi connectivity index (χ4n) is 2.60. The average molecular weight is 417 g/mol. The summed E-state index contributed by atoms with van der Waals surface area (Å²) in [7, 11) is 3.31. The molecular weight excluding hydrogens is 384 g/mol. The van der Waals surface area contributed by atoms with Crippen molar-refractivity contribution in [1.82, 2.24) is 0 Å². The molecule has 0 radical (unpaired) electrons. The SMILES string of the molecule is C=C(c1ccc(OCCOCCOC)cc1)c1ccc(OCCOCCOC)cc1. The third kappa shape index (κ3) is 8.97. The van der Waals surface area contributed by atoms with E-state index in [4.69, 9.17) is 28.4 Å². The van der Waals surface area contributed by atoms with Crippen molar-refractivity contribution in [2.24, 2.45) is 0 Å². The van der Waals surface area contributed by atoms with Crippen LogP contribution in [-0.2, 0) is 18.9 Å². The molecule has 0 saturated heterocycles. The van der Waals surface area contributed by atoms with Gasteiger partial charge in [-0.2, -0.15) is 0 Å². The van der Waals surface area contributed by atoms with Gasteiger partial charge in [-0.1, -0.05) is 30.8 Å². The van der Waals surface area contributed by atoms with Crippen molar-refractivity contribution in [3.8, 4) is 11.5 Å². The van der Waals surface area contributed by atoms with Crippen LogP contribution in [0.25, 0.3) is 5.57 Å². The number of hydrogen-bond acceptors (Lipinski definition) is 6. The predicted octanol–water partition coefficient (Wildman–Crippen LogP) is 3.83. The minimum Gasteiger partial charge on any atom is -0.491 e. The molecular formula is C24H32O6. The molecule has 2 rings (SSSR count). The highest BCUT2D eigenvalue weighted by molar-refractivity contribution is 5.78. The summed E-state index contributed by atoms with van der Waals surface area (Å²) in [4.78, 5) is 0.